The number of carbonyl (C=O) groups excluding carboxylic acids is 1. The minimum absolute atomic E-state index is 0.0148. The molecule has 1 saturated carbocycles. The fourth-order valence-electron chi connectivity index (χ4n) is 4.11. The third-order valence-electron chi connectivity index (χ3n) is 5.27. The first-order valence-corrected chi connectivity index (χ1v) is 8.02. The number of hydrogen-bond acceptors (Lipinski definition) is 4. The second-order valence-electron chi connectivity index (χ2n) is 6.49. The average Bonchev–Trinajstić information content (AvgIpc) is 3.06. The fourth-order valence-corrected chi connectivity index (χ4v) is 4.11. The van der Waals surface area contributed by atoms with Crippen LogP contribution in [0.2, 0.25) is 0 Å². The predicted octanol–water partition coefficient (Wildman–Crippen LogP) is 0.742. The van der Waals surface area contributed by atoms with E-state index in [1.165, 1.54) is 18.4 Å². The Kier molecular flexibility index (Phi) is 3.19. The van der Waals surface area contributed by atoms with E-state index in [0.29, 0.717) is 11.7 Å². The van der Waals surface area contributed by atoms with E-state index in [2.05, 4.69) is 27.0 Å². The van der Waals surface area contributed by atoms with Gasteiger partial charge in [0.1, 0.15) is 5.69 Å². The smallest absolute Gasteiger partial charge is 0.270 e. The monoisotopic (exact) mass is 286 g/mol. The molecule has 1 aromatic heterocycles. The van der Waals surface area contributed by atoms with Crippen LogP contribution in [0.4, 0.5) is 0 Å². The summed E-state index contributed by atoms with van der Waals surface area (Å²) in [5, 5.41) is 10.1. The van der Waals surface area contributed by atoms with Crippen molar-refractivity contribution in [2.75, 3.05) is 13.1 Å². The zero-order valence-corrected chi connectivity index (χ0v) is 12.2. The van der Waals surface area contributed by atoms with Crippen LogP contribution in [0.25, 0.3) is 0 Å². The minimum Gasteiger partial charge on any atom is -0.344 e. The minimum atomic E-state index is -0.0348. The normalized spacial score (nSPS) is 30.8. The van der Waals surface area contributed by atoms with Gasteiger partial charge in [-0.2, -0.15) is 0 Å². The van der Waals surface area contributed by atoms with Gasteiger partial charge in [0, 0.05) is 12.6 Å². The SMILES string of the molecule is O=C(NC12CCCC1NCC2)c1ccc2c(n1)CNCC2. The number of aromatic nitrogens is 1. The third-order valence-corrected chi connectivity index (χ3v) is 5.27. The van der Waals surface area contributed by atoms with Gasteiger partial charge in [-0.25, -0.2) is 4.98 Å². The van der Waals surface area contributed by atoms with Crippen LogP contribution in [0, 0.1) is 0 Å². The van der Waals surface area contributed by atoms with Crippen molar-refractivity contribution in [1.29, 1.82) is 0 Å². The molecule has 1 aromatic rings. The maximum atomic E-state index is 12.6. The van der Waals surface area contributed by atoms with E-state index < -0.39 is 0 Å². The van der Waals surface area contributed by atoms with Gasteiger partial charge in [0.25, 0.3) is 5.91 Å². The third kappa shape index (κ3) is 2.24. The Morgan fingerprint density at radius 1 is 1.33 bits per heavy atom. The summed E-state index contributed by atoms with van der Waals surface area (Å²) in [6.45, 7) is 2.77. The molecule has 3 N–H and O–H groups in total. The Hall–Kier alpha value is -1.46. The largest absolute Gasteiger partial charge is 0.344 e. The highest BCUT2D eigenvalue weighted by Gasteiger charge is 2.47. The summed E-state index contributed by atoms with van der Waals surface area (Å²) in [5.41, 5.74) is 2.82. The molecule has 2 fully saturated rings. The first kappa shape index (κ1) is 13.2. The van der Waals surface area contributed by atoms with E-state index in [1.54, 1.807) is 0 Å². The van der Waals surface area contributed by atoms with Gasteiger partial charge in [-0.1, -0.05) is 6.07 Å². The van der Waals surface area contributed by atoms with Gasteiger partial charge in [-0.15, -0.1) is 0 Å². The van der Waals surface area contributed by atoms with Gasteiger partial charge < -0.3 is 16.0 Å². The van der Waals surface area contributed by atoms with Crippen molar-refractivity contribution in [3.63, 3.8) is 0 Å². The maximum Gasteiger partial charge on any atom is 0.270 e. The molecule has 4 rings (SSSR count). The molecule has 0 radical (unpaired) electrons. The zero-order valence-electron chi connectivity index (χ0n) is 12.2. The van der Waals surface area contributed by atoms with Crippen LogP contribution in [0.3, 0.4) is 0 Å². The highest BCUT2D eigenvalue weighted by Crippen LogP contribution is 2.36. The van der Waals surface area contributed by atoms with Crippen molar-refractivity contribution >= 4 is 5.91 Å². The lowest BCUT2D eigenvalue weighted by atomic mass is 9.93. The van der Waals surface area contributed by atoms with E-state index in [-0.39, 0.29) is 11.4 Å². The Labute approximate surface area is 124 Å². The van der Waals surface area contributed by atoms with E-state index >= 15 is 0 Å². The molecule has 2 aliphatic heterocycles. The average molecular weight is 286 g/mol. The van der Waals surface area contributed by atoms with Crippen LogP contribution in [-0.4, -0.2) is 35.6 Å². The van der Waals surface area contributed by atoms with Crippen LogP contribution in [0.15, 0.2) is 12.1 Å². The van der Waals surface area contributed by atoms with Gasteiger partial charge in [-0.05, 0) is 56.8 Å². The van der Waals surface area contributed by atoms with Crippen molar-refractivity contribution in [3.8, 4) is 0 Å². The summed E-state index contributed by atoms with van der Waals surface area (Å²) in [5.74, 6) is -0.0148. The van der Waals surface area contributed by atoms with Gasteiger partial charge in [0.05, 0.1) is 11.2 Å². The molecule has 5 heteroatoms. The number of rotatable bonds is 2. The zero-order chi connectivity index (χ0) is 14.3. The van der Waals surface area contributed by atoms with Gasteiger partial charge in [0.15, 0.2) is 0 Å². The van der Waals surface area contributed by atoms with Crippen LogP contribution < -0.4 is 16.0 Å². The molecule has 5 nitrogen and oxygen atoms in total. The quantitative estimate of drug-likeness (QED) is 0.750. The van der Waals surface area contributed by atoms with E-state index in [9.17, 15) is 4.79 Å². The maximum absolute atomic E-state index is 12.6. The van der Waals surface area contributed by atoms with Crippen molar-refractivity contribution < 1.29 is 4.79 Å². The number of nitrogens with one attached hydrogen (secondary N) is 3. The van der Waals surface area contributed by atoms with E-state index in [0.717, 1.165) is 44.6 Å². The van der Waals surface area contributed by atoms with Crippen molar-refractivity contribution in [1.82, 2.24) is 20.9 Å². The molecular weight excluding hydrogens is 264 g/mol. The summed E-state index contributed by atoms with van der Waals surface area (Å²) in [6.07, 6.45) is 5.49. The fraction of sp³-hybridized carbons (Fsp3) is 0.625. The van der Waals surface area contributed by atoms with E-state index in [4.69, 9.17) is 0 Å². The van der Waals surface area contributed by atoms with Crippen molar-refractivity contribution in [2.24, 2.45) is 0 Å². The molecule has 21 heavy (non-hydrogen) atoms. The van der Waals surface area contributed by atoms with Gasteiger partial charge >= 0.3 is 0 Å². The molecular formula is C16H22N4O. The van der Waals surface area contributed by atoms with Crippen molar-refractivity contribution in [3.05, 3.63) is 29.1 Å². The number of carbonyl (C=O) groups is 1. The molecule has 2 unspecified atom stereocenters. The highest BCUT2D eigenvalue weighted by atomic mass is 16.2. The van der Waals surface area contributed by atoms with Gasteiger partial charge in [0.2, 0.25) is 0 Å². The summed E-state index contributed by atoms with van der Waals surface area (Å²) < 4.78 is 0. The lowest BCUT2D eigenvalue weighted by Crippen LogP contribution is -2.53. The number of pyridine rings is 1. The molecule has 112 valence electrons. The Morgan fingerprint density at radius 3 is 3.24 bits per heavy atom. The van der Waals surface area contributed by atoms with Crippen molar-refractivity contribution in [2.45, 2.75) is 50.2 Å². The van der Waals surface area contributed by atoms with E-state index in [1.807, 2.05) is 6.07 Å². The molecule has 3 aliphatic rings. The number of nitrogens with zero attached hydrogens (tertiary/aromatic N) is 1. The Bertz CT molecular complexity index is 561. The Balaban J connectivity index is 1.55. The molecule has 0 aromatic carbocycles. The van der Waals surface area contributed by atoms with Gasteiger partial charge in [-0.3, -0.25) is 4.79 Å². The number of fused-ring (bicyclic) bond motifs is 2. The molecule has 1 amide bonds. The topological polar surface area (TPSA) is 66.0 Å². The number of hydrogen-bond donors (Lipinski definition) is 3. The first-order valence-electron chi connectivity index (χ1n) is 8.02. The molecule has 1 saturated heterocycles. The summed E-state index contributed by atoms with van der Waals surface area (Å²) >= 11 is 0. The second-order valence-corrected chi connectivity index (χ2v) is 6.49. The second kappa shape index (κ2) is 5.07. The molecule has 0 spiro atoms. The van der Waals surface area contributed by atoms with Crippen LogP contribution in [-0.2, 0) is 13.0 Å². The van der Waals surface area contributed by atoms with Crippen LogP contribution in [0.5, 0.6) is 0 Å². The standard InChI is InChI=1S/C16H22N4O/c21-15(20-16-6-1-2-14(16)18-9-7-16)12-4-3-11-5-8-17-10-13(11)19-12/h3-4,14,17-18H,1-2,5-10H2,(H,20,21). The number of amides is 1. The molecule has 0 bridgehead atoms. The lowest BCUT2D eigenvalue weighted by molar-refractivity contribution is 0.0892. The lowest BCUT2D eigenvalue weighted by Gasteiger charge is -2.30. The summed E-state index contributed by atoms with van der Waals surface area (Å²) in [4.78, 5) is 17.2. The predicted molar refractivity (Wildman–Crippen MR) is 80.1 cm³/mol. The highest BCUT2D eigenvalue weighted by molar-refractivity contribution is 5.93. The summed E-state index contributed by atoms with van der Waals surface area (Å²) in [7, 11) is 0. The van der Waals surface area contributed by atoms with Crippen LogP contribution >= 0.6 is 0 Å². The molecule has 1 aliphatic carbocycles. The first-order chi connectivity index (χ1) is 10.3. The molecule has 3 heterocycles. The molecule has 2 atom stereocenters. The van der Waals surface area contributed by atoms with Crippen LogP contribution in [0.1, 0.15) is 47.4 Å². The Morgan fingerprint density at radius 2 is 2.29 bits per heavy atom. The summed E-state index contributed by atoms with van der Waals surface area (Å²) in [6, 6.07) is 4.39.